The largest absolute Gasteiger partial charge is 0.361 e. The number of nitrogens with zero attached hydrogens (tertiary/aromatic N) is 3. The van der Waals surface area contributed by atoms with Crippen LogP contribution >= 0.6 is 0 Å². The summed E-state index contributed by atoms with van der Waals surface area (Å²) in [6.45, 7) is 4.91. The Morgan fingerprint density at radius 2 is 2.26 bits per heavy atom. The maximum atomic E-state index is 12.4. The molecule has 2 aromatic rings. The maximum absolute atomic E-state index is 12.4. The van der Waals surface area contributed by atoms with Crippen molar-refractivity contribution in [3.63, 3.8) is 0 Å². The molecule has 0 unspecified atom stereocenters. The van der Waals surface area contributed by atoms with Crippen LogP contribution in [0.1, 0.15) is 41.7 Å². The molecular weight excluding hydrogens is 296 g/mol. The molecule has 7 nitrogen and oxygen atoms in total. The maximum Gasteiger partial charge on any atom is 0.251 e. The van der Waals surface area contributed by atoms with Crippen molar-refractivity contribution < 1.29 is 9.32 Å². The second-order valence-corrected chi connectivity index (χ2v) is 6.05. The first kappa shape index (κ1) is 15.5. The Morgan fingerprint density at radius 3 is 2.96 bits per heavy atom. The number of aromatic amines is 1. The lowest BCUT2D eigenvalue weighted by Gasteiger charge is -2.32. The van der Waals surface area contributed by atoms with Crippen molar-refractivity contribution in [3.05, 3.63) is 45.5 Å². The average molecular weight is 316 g/mol. The number of amides is 1. The molecule has 3 rings (SSSR count). The smallest absolute Gasteiger partial charge is 0.251 e. The summed E-state index contributed by atoms with van der Waals surface area (Å²) in [5, 5.41) is 3.80. The zero-order valence-electron chi connectivity index (χ0n) is 13.3. The number of likely N-dealkylation sites (tertiary alicyclic amines) is 1. The molecule has 0 aliphatic carbocycles. The van der Waals surface area contributed by atoms with Crippen LogP contribution in [0.4, 0.5) is 0 Å². The van der Waals surface area contributed by atoms with Gasteiger partial charge in [-0.3, -0.25) is 9.59 Å². The van der Waals surface area contributed by atoms with Gasteiger partial charge in [0.15, 0.2) is 0 Å². The average Bonchev–Trinajstić information content (AvgIpc) is 2.91. The summed E-state index contributed by atoms with van der Waals surface area (Å²) in [6, 6.07) is 3.31. The van der Waals surface area contributed by atoms with E-state index in [1.807, 2.05) is 11.8 Å². The third-order valence-corrected chi connectivity index (χ3v) is 4.07. The number of hydrogen-bond acceptors (Lipinski definition) is 5. The molecule has 23 heavy (non-hydrogen) atoms. The fourth-order valence-electron chi connectivity index (χ4n) is 3.02. The van der Waals surface area contributed by atoms with E-state index in [0.717, 1.165) is 30.8 Å². The number of carbonyl (C=O) groups is 1. The minimum absolute atomic E-state index is 0.0208. The fraction of sp³-hybridized carbons (Fsp3) is 0.500. The van der Waals surface area contributed by atoms with Gasteiger partial charge < -0.3 is 14.4 Å². The summed E-state index contributed by atoms with van der Waals surface area (Å²) in [5.41, 5.74) is 1.39. The van der Waals surface area contributed by atoms with Gasteiger partial charge in [0.25, 0.3) is 5.56 Å². The van der Waals surface area contributed by atoms with Crippen molar-refractivity contribution in [2.45, 2.75) is 39.0 Å². The summed E-state index contributed by atoms with van der Waals surface area (Å²) < 4.78 is 5.11. The minimum atomic E-state index is -0.145. The van der Waals surface area contributed by atoms with E-state index in [0.29, 0.717) is 18.1 Å². The van der Waals surface area contributed by atoms with Crippen LogP contribution in [0, 0.1) is 13.8 Å². The van der Waals surface area contributed by atoms with Gasteiger partial charge in [0.1, 0.15) is 11.6 Å². The van der Waals surface area contributed by atoms with Gasteiger partial charge >= 0.3 is 0 Å². The fourth-order valence-corrected chi connectivity index (χ4v) is 3.02. The number of aromatic nitrogens is 3. The van der Waals surface area contributed by atoms with E-state index in [4.69, 9.17) is 4.52 Å². The molecule has 0 saturated carbocycles. The first-order valence-corrected chi connectivity index (χ1v) is 7.79. The molecule has 1 atom stereocenters. The minimum Gasteiger partial charge on any atom is -0.361 e. The van der Waals surface area contributed by atoms with E-state index in [9.17, 15) is 9.59 Å². The van der Waals surface area contributed by atoms with E-state index in [2.05, 4.69) is 15.1 Å². The Kier molecular flexibility index (Phi) is 4.27. The van der Waals surface area contributed by atoms with Crippen molar-refractivity contribution >= 4 is 5.91 Å². The summed E-state index contributed by atoms with van der Waals surface area (Å²) in [6.07, 6.45) is 2.05. The molecule has 2 aromatic heterocycles. The normalized spacial score (nSPS) is 18.2. The number of rotatable bonds is 3. The highest BCUT2D eigenvalue weighted by molar-refractivity contribution is 5.78. The molecule has 122 valence electrons. The Bertz CT molecular complexity index is 765. The van der Waals surface area contributed by atoms with Crippen LogP contribution in [0.3, 0.4) is 0 Å². The van der Waals surface area contributed by atoms with Crippen molar-refractivity contribution in [1.82, 2.24) is 20.0 Å². The topological polar surface area (TPSA) is 92.1 Å². The summed E-state index contributed by atoms with van der Waals surface area (Å²) >= 11 is 0. The molecular formula is C16H20N4O3. The van der Waals surface area contributed by atoms with Crippen molar-refractivity contribution in [2.75, 3.05) is 13.1 Å². The number of H-pyrrole nitrogens is 1. The summed E-state index contributed by atoms with van der Waals surface area (Å²) in [5.74, 6) is 1.31. The predicted molar refractivity (Wildman–Crippen MR) is 83.1 cm³/mol. The zero-order chi connectivity index (χ0) is 16.4. The van der Waals surface area contributed by atoms with E-state index in [1.54, 1.807) is 13.0 Å². The lowest BCUT2D eigenvalue weighted by Crippen LogP contribution is -2.40. The Morgan fingerprint density at radius 1 is 1.43 bits per heavy atom. The van der Waals surface area contributed by atoms with Gasteiger partial charge in [-0.2, -0.15) is 0 Å². The number of piperidine rings is 1. The Labute approximate surface area is 133 Å². The van der Waals surface area contributed by atoms with Crippen LogP contribution in [0.25, 0.3) is 0 Å². The molecule has 0 spiro atoms. The standard InChI is InChI=1S/C16H20N4O3/c1-10-6-13(23-19-10)7-16(22)20-5-3-4-12(9-20)14-8-15(21)18-11(2)17-14/h6,8,12H,3-5,7,9H2,1-2H3,(H,17,18,21)/t12-/m0/s1. The SMILES string of the molecule is Cc1cc(CC(=O)N2CCC[C@H](c3cc(=O)[nH]c(C)n3)C2)on1. The van der Waals surface area contributed by atoms with Crippen LogP contribution in [0.5, 0.6) is 0 Å². The van der Waals surface area contributed by atoms with Gasteiger partial charge in [0.2, 0.25) is 5.91 Å². The second kappa shape index (κ2) is 6.36. The summed E-state index contributed by atoms with van der Waals surface area (Å²) in [4.78, 5) is 32.9. The highest BCUT2D eigenvalue weighted by Crippen LogP contribution is 2.25. The van der Waals surface area contributed by atoms with Crippen LogP contribution in [0.2, 0.25) is 0 Å². The lowest BCUT2D eigenvalue weighted by molar-refractivity contribution is -0.132. The first-order valence-electron chi connectivity index (χ1n) is 7.79. The van der Waals surface area contributed by atoms with Gasteiger partial charge in [-0.1, -0.05) is 5.16 Å². The second-order valence-electron chi connectivity index (χ2n) is 6.05. The van der Waals surface area contributed by atoms with Crippen molar-refractivity contribution in [1.29, 1.82) is 0 Å². The Hall–Kier alpha value is -2.44. The molecule has 3 heterocycles. The molecule has 0 radical (unpaired) electrons. The van der Waals surface area contributed by atoms with Crippen LogP contribution in [-0.2, 0) is 11.2 Å². The number of nitrogens with one attached hydrogen (secondary N) is 1. The monoisotopic (exact) mass is 316 g/mol. The van der Waals surface area contributed by atoms with Crippen molar-refractivity contribution in [3.8, 4) is 0 Å². The summed E-state index contributed by atoms with van der Waals surface area (Å²) in [7, 11) is 0. The third kappa shape index (κ3) is 3.67. The highest BCUT2D eigenvalue weighted by Gasteiger charge is 2.26. The number of hydrogen-bond donors (Lipinski definition) is 1. The molecule has 1 amide bonds. The third-order valence-electron chi connectivity index (χ3n) is 4.07. The van der Waals surface area contributed by atoms with Gasteiger partial charge in [-0.05, 0) is 26.7 Å². The van der Waals surface area contributed by atoms with Crippen LogP contribution in [-0.4, -0.2) is 39.0 Å². The van der Waals surface area contributed by atoms with Crippen LogP contribution in [0.15, 0.2) is 21.5 Å². The van der Waals surface area contributed by atoms with Gasteiger partial charge in [0.05, 0.1) is 17.8 Å². The van der Waals surface area contributed by atoms with E-state index < -0.39 is 0 Å². The predicted octanol–water partition coefficient (Wildman–Crippen LogP) is 1.32. The molecule has 1 aliphatic heterocycles. The molecule has 1 fully saturated rings. The van der Waals surface area contributed by atoms with Gasteiger partial charge in [0, 0.05) is 31.1 Å². The van der Waals surface area contributed by atoms with Gasteiger partial charge in [-0.15, -0.1) is 0 Å². The molecule has 0 bridgehead atoms. The molecule has 1 saturated heterocycles. The zero-order valence-corrected chi connectivity index (χ0v) is 13.3. The van der Waals surface area contributed by atoms with Gasteiger partial charge in [-0.25, -0.2) is 4.98 Å². The molecule has 1 aliphatic rings. The molecule has 0 aromatic carbocycles. The lowest BCUT2D eigenvalue weighted by atomic mass is 9.94. The first-order chi connectivity index (χ1) is 11.0. The van der Waals surface area contributed by atoms with Crippen LogP contribution < -0.4 is 5.56 Å². The number of aryl methyl sites for hydroxylation is 2. The highest BCUT2D eigenvalue weighted by atomic mass is 16.5. The molecule has 7 heteroatoms. The van der Waals surface area contributed by atoms with Crippen molar-refractivity contribution in [2.24, 2.45) is 0 Å². The quantitative estimate of drug-likeness (QED) is 0.922. The molecule has 1 N–H and O–H groups in total. The Balaban J connectivity index is 1.70. The number of carbonyl (C=O) groups excluding carboxylic acids is 1. The van der Waals surface area contributed by atoms with E-state index >= 15 is 0 Å². The van der Waals surface area contributed by atoms with E-state index in [-0.39, 0.29) is 23.8 Å². The van der Waals surface area contributed by atoms with E-state index in [1.165, 1.54) is 6.07 Å².